The second kappa shape index (κ2) is 5.99. The smallest absolute Gasteiger partial charge is 0.258 e. The van der Waals surface area contributed by atoms with Crippen molar-refractivity contribution in [2.24, 2.45) is 0 Å². The van der Waals surface area contributed by atoms with Crippen LogP contribution >= 0.6 is 11.6 Å². The zero-order chi connectivity index (χ0) is 15.5. The topological polar surface area (TPSA) is 57.8 Å². The van der Waals surface area contributed by atoms with Crippen molar-refractivity contribution in [3.63, 3.8) is 0 Å². The van der Waals surface area contributed by atoms with Crippen molar-refractivity contribution in [3.05, 3.63) is 71.1 Å². The predicted molar refractivity (Wildman–Crippen MR) is 83.4 cm³/mol. The van der Waals surface area contributed by atoms with Crippen LogP contribution in [-0.4, -0.2) is 16.1 Å². The molecular formula is C16H11ClFN3O. The number of H-pyrrole nitrogens is 1. The fraction of sp³-hybridized carbons (Fsp3) is 0. The van der Waals surface area contributed by atoms with Gasteiger partial charge in [0.15, 0.2) is 0 Å². The van der Waals surface area contributed by atoms with Gasteiger partial charge in [-0.1, -0.05) is 23.7 Å². The number of halogens is 2. The van der Waals surface area contributed by atoms with E-state index in [0.717, 1.165) is 17.3 Å². The SMILES string of the molecule is O=C(Nc1cccc(-c2ccn[nH]2)c1)c1cc(Cl)ccc1F. The molecule has 0 aliphatic carbocycles. The Labute approximate surface area is 130 Å². The summed E-state index contributed by atoms with van der Waals surface area (Å²) in [6.07, 6.45) is 1.64. The highest BCUT2D eigenvalue weighted by atomic mass is 35.5. The molecule has 0 aliphatic rings. The average Bonchev–Trinajstić information content (AvgIpc) is 3.04. The number of benzene rings is 2. The summed E-state index contributed by atoms with van der Waals surface area (Å²) in [5, 5.41) is 9.68. The fourth-order valence-corrected chi connectivity index (χ4v) is 2.22. The van der Waals surface area contributed by atoms with Gasteiger partial charge in [-0.05, 0) is 36.4 Å². The zero-order valence-corrected chi connectivity index (χ0v) is 12.1. The normalized spacial score (nSPS) is 10.5. The van der Waals surface area contributed by atoms with Crippen LogP contribution in [0, 0.1) is 5.82 Å². The van der Waals surface area contributed by atoms with Gasteiger partial charge >= 0.3 is 0 Å². The number of nitrogens with zero attached hydrogens (tertiary/aromatic N) is 1. The number of carbonyl (C=O) groups excluding carboxylic acids is 1. The molecule has 0 radical (unpaired) electrons. The Kier molecular flexibility index (Phi) is 3.89. The van der Waals surface area contributed by atoms with Gasteiger partial charge in [0.1, 0.15) is 5.82 Å². The van der Waals surface area contributed by atoms with E-state index in [4.69, 9.17) is 11.6 Å². The second-order valence-corrected chi connectivity index (χ2v) is 5.07. The minimum atomic E-state index is -0.619. The first-order valence-electron chi connectivity index (χ1n) is 6.50. The van der Waals surface area contributed by atoms with E-state index in [2.05, 4.69) is 15.5 Å². The first-order valence-corrected chi connectivity index (χ1v) is 6.87. The lowest BCUT2D eigenvalue weighted by molar-refractivity contribution is 0.102. The molecule has 2 N–H and O–H groups in total. The largest absolute Gasteiger partial charge is 0.322 e. The zero-order valence-electron chi connectivity index (χ0n) is 11.3. The average molecular weight is 316 g/mol. The first kappa shape index (κ1) is 14.3. The van der Waals surface area contributed by atoms with Crippen LogP contribution in [0.4, 0.5) is 10.1 Å². The van der Waals surface area contributed by atoms with Crippen molar-refractivity contribution in [3.8, 4) is 11.3 Å². The number of aromatic nitrogens is 2. The Bertz CT molecular complexity index is 818. The van der Waals surface area contributed by atoms with Crippen molar-refractivity contribution in [1.82, 2.24) is 10.2 Å². The number of hydrogen-bond donors (Lipinski definition) is 2. The molecule has 1 amide bonds. The standard InChI is InChI=1S/C16H11ClFN3O/c17-11-4-5-14(18)13(9-11)16(22)20-12-3-1-2-10(8-12)15-6-7-19-21-15/h1-9H,(H,19,21)(H,20,22). The minimum Gasteiger partial charge on any atom is -0.322 e. The van der Waals surface area contributed by atoms with E-state index >= 15 is 0 Å². The second-order valence-electron chi connectivity index (χ2n) is 4.63. The van der Waals surface area contributed by atoms with Crippen LogP contribution in [0.25, 0.3) is 11.3 Å². The van der Waals surface area contributed by atoms with Crippen LogP contribution in [0.15, 0.2) is 54.7 Å². The number of amides is 1. The molecule has 3 rings (SSSR count). The molecule has 0 fully saturated rings. The molecule has 0 saturated carbocycles. The number of carbonyl (C=O) groups is 1. The van der Waals surface area contributed by atoms with Gasteiger partial charge < -0.3 is 5.32 Å². The molecule has 4 nitrogen and oxygen atoms in total. The summed E-state index contributed by atoms with van der Waals surface area (Å²) >= 11 is 5.80. The highest BCUT2D eigenvalue weighted by Crippen LogP contribution is 2.22. The summed E-state index contributed by atoms with van der Waals surface area (Å²) in [5.41, 5.74) is 2.14. The number of nitrogens with one attached hydrogen (secondary N) is 2. The maximum atomic E-state index is 13.7. The van der Waals surface area contributed by atoms with Gasteiger partial charge in [-0.15, -0.1) is 0 Å². The van der Waals surface area contributed by atoms with Crippen LogP contribution in [0.1, 0.15) is 10.4 Å². The lowest BCUT2D eigenvalue weighted by atomic mass is 10.1. The van der Waals surface area contributed by atoms with E-state index in [1.807, 2.05) is 12.1 Å². The third-order valence-corrected chi connectivity index (χ3v) is 3.34. The van der Waals surface area contributed by atoms with E-state index in [1.54, 1.807) is 24.4 Å². The first-order chi connectivity index (χ1) is 10.6. The Morgan fingerprint density at radius 2 is 2.05 bits per heavy atom. The highest BCUT2D eigenvalue weighted by Gasteiger charge is 2.13. The van der Waals surface area contributed by atoms with E-state index in [-0.39, 0.29) is 5.56 Å². The Morgan fingerprint density at radius 3 is 2.82 bits per heavy atom. The maximum absolute atomic E-state index is 13.7. The van der Waals surface area contributed by atoms with Crippen LogP contribution in [-0.2, 0) is 0 Å². The molecule has 1 aromatic heterocycles. The number of hydrogen-bond acceptors (Lipinski definition) is 2. The monoisotopic (exact) mass is 315 g/mol. The predicted octanol–water partition coefficient (Wildman–Crippen LogP) is 4.12. The highest BCUT2D eigenvalue weighted by molar-refractivity contribution is 6.31. The quantitative estimate of drug-likeness (QED) is 0.763. The lowest BCUT2D eigenvalue weighted by Gasteiger charge is -2.08. The van der Waals surface area contributed by atoms with Gasteiger partial charge in [-0.2, -0.15) is 5.10 Å². The molecule has 0 aliphatic heterocycles. The molecule has 3 aromatic rings. The number of rotatable bonds is 3. The van der Waals surface area contributed by atoms with Gasteiger partial charge in [0.2, 0.25) is 0 Å². The molecule has 0 bridgehead atoms. The third kappa shape index (κ3) is 2.99. The van der Waals surface area contributed by atoms with Gasteiger partial charge in [0.25, 0.3) is 5.91 Å². The fourth-order valence-electron chi connectivity index (χ4n) is 2.05. The molecule has 0 saturated heterocycles. The maximum Gasteiger partial charge on any atom is 0.258 e. The Hall–Kier alpha value is -2.66. The van der Waals surface area contributed by atoms with Crippen LogP contribution < -0.4 is 5.32 Å². The van der Waals surface area contributed by atoms with Gasteiger partial charge in [0.05, 0.1) is 11.3 Å². The van der Waals surface area contributed by atoms with Gasteiger partial charge in [-0.25, -0.2) is 4.39 Å². The van der Waals surface area contributed by atoms with Crippen molar-refractivity contribution in [1.29, 1.82) is 0 Å². The molecule has 110 valence electrons. The van der Waals surface area contributed by atoms with Crippen molar-refractivity contribution >= 4 is 23.2 Å². The molecule has 22 heavy (non-hydrogen) atoms. The number of aromatic amines is 1. The van der Waals surface area contributed by atoms with Crippen LogP contribution in [0.3, 0.4) is 0 Å². The summed E-state index contributed by atoms with van der Waals surface area (Å²) in [6, 6.07) is 12.8. The number of anilines is 1. The van der Waals surface area contributed by atoms with Gasteiger partial charge in [-0.3, -0.25) is 9.89 Å². The molecule has 2 aromatic carbocycles. The molecular weight excluding hydrogens is 305 g/mol. The summed E-state index contributed by atoms with van der Waals surface area (Å²) in [5.74, 6) is -1.17. The van der Waals surface area contributed by atoms with Crippen LogP contribution in [0.2, 0.25) is 5.02 Å². The minimum absolute atomic E-state index is 0.0977. The van der Waals surface area contributed by atoms with Crippen molar-refractivity contribution < 1.29 is 9.18 Å². The molecule has 0 spiro atoms. The van der Waals surface area contributed by atoms with E-state index in [9.17, 15) is 9.18 Å². The third-order valence-electron chi connectivity index (χ3n) is 3.11. The van der Waals surface area contributed by atoms with Crippen molar-refractivity contribution in [2.45, 2.75) is 0 Å². The van der Waals surface area contributed by atoms with Gasteiger partial charge in [0, 0.05) is 22.5 Å². The van der Waals surface area contributed by atoms with Crippen molar-refractivity contribution in [2.75, 3.05) is 5.32 Å². The molecule has 0 atom stereocenters. The Balaban J connectivity index is 1.85. The van der Waals surface area contributed by atoms with E-state index in [0.29, 0.717) is 10.7 Å². The summed E-state index contributed by atoms with van der Waals surface area (Å²) in [6.45, 7) is 0. The summed E-state index contributed by atoms with van der Waals surface area (Å²) in [4.78, 5) is 12.2. The van der Waals surface area contributed by atoms with Crippen LogP contribution in [0.5, 0.6) is 0 Å². The Morgan fingerprint density at radius 1 is 1.18 bits per heavy atom. The summed E-state index contributed by atoms with van der Waals surface area (Å²) < 4.78 is 13.7. The lowest BCUT2D eigenvalue weighted by Crippen LogP contribution is -2.13. The molecule has 0 unspecified atom stereocenters. The van der Waals surface area contributed by atoms with E-state index < -0.39 is 11.7 Å². The van der Waals surface area contributed by atoms with E-state index in [1.165, 1.54) is 12.1 Å². The molecule has 1 heterocycles. The summed E-state index contributed by atoms with van der Waals surface area (Å²) in [7, 11) is 0. The molecule has 6 heteroatoms.